The number of amides is 2. The lowest BCUT2D eigenvalue weighted by Crippen LogP contribution is -2.33. The van der Waals surface area contributed by atoms with Crippen molar-refractivity contribution in [1.82, 2.24) is 4.90 Å². The molecule has 1 saturated heterocycles. The number of hydrogen-bond acceptors (Lipinski definition) is 3. The summed E-state index contributed by atoms with van der Waals surface area (Å²) in [4.78, 5) is 37.1. The van der Waals surface area contributed by atoms with Gasteiger partial charge in [-0.05, 0) is 32.9 Å². The van der Waals surface area contributed by atoms with E-state index in [0.29, 0.717) is 17.8 Å². The van der Waals surface area contributed by atoms with Crippen molar-refractivity contribution in [3.05, 3.63) is 29.8 Å². The first-order valence-electron chi connectivity index (χ1n) is 7.10. The lowest BCUT2D eigenvalue weighted by molar-refractivity contribution is -0.129. The number of Topliss-reactive ketones (excluding diaryl/α,β-unsaturated/α-hetero) is 1. The normalized spacial score (nSPS) is 18.2. The second-order valence-electron chi connectivity index (χ2n) is 5.67. The second kappa shape index (κ2) is 6.08. The van der Waals surface area contributed by atoms with Gasteiger partial charge in [0.15, 0.2) is 5.78 Å². The summed E-state index contributed by atoms with van der Waals surface area (Å²) in [6, 6.07) is 6.93. The molecule has 2 amide bonds. The molecule has 2 rings (SSSR count). The van der Waals surface area contributed by atoms with Crippen LogP contribution in [0, 0.1) is 5.92 Å². The van der Waals surface area contributed by atoms with E-state index < -0.39 is 0 Å². The summed E-state index contributed by atoms with van der Waals surface area (Å²) in [6.45, 7) is 5.81. The fourth-order valence-electron chi connectivity index (χ4n) is 2.47. The van der Waals surface area contributed by atoms with Crippen LogP contribution in [0.1, 0.15) is 37.6 Å². The van der Waals surface area contributed by atoms with E-state index in [2.05, 4.69) is 5.32 Å². The predicted octanol–water partition coefficient (Wildman–Crippen LogP) is 2.08. The van der Waals surface area contributed by atoms with Crippen molar-refractivity contribution in [2.75, 3.05) is 11.9 Å². The zero-order chi connectivity index (χ0) is 15.6. The van der Waals surface area contributed by atoms with Gasteiger partial charge in [-0.2, -0.15) is 0 Å². The number of carbonyl (C=O) groups is 3. The van der Waals surface area contributed by atoms with Gasteiger partial charge in [-0.3, -0.25) is 14.4 Å². The molecule has 0 spiro atoms. The van der Waals surface area contributed by atoms with E-state index in [0.717, 1.165) is 0 Å². The Bertz CT molecular complexity index is 581. The van der Waals surface area contributed by atoms with Crippen molar-refractivity contribution in [1.29, 1.82) is 0 Å². The average Bonchev–Trinajstić information content (AvgIpc) is 2.81. The minimum absolute atomic E-state index is 0.0163. The fourth-order valence-corrected chi connectivity index (χ4v) is 2.47. The molecule has 0 aliphatic carbocycles. The third-order valence-electron chi connectivity index (χ3n) is 3.69. The molecule has 1 aliphatic rings. The number of ketones is 1. The zero-order valence-electron chi connectivity index (χ0n) is 12.6. The molecule has 0 unspecified atom stereocenters. The van der Waals surface area contributed by atoms with Gasteiger partial charge >= 0.3 is 0 Å². The minimum Gasteiger partial charge on any atom is -0.339 e. The summed E-state index contributed by atoms with van der Waals surface area (Å²) >= 11 is 0. The molecule has 5 heteroatoms. The Labute approximate surface area is 124 Å². The van der Waals surface area contributed by atoms with Gasteiger partial charge in [0.05, 0.1) is 5.92 Å². The molecular weight excluding hydrogens is 268 g/mol. The van der Waals surface area contributed by atoms with Crippen LogP contribution in [0.5, 0.6) is 0 Å². The first kappa shape index (κ1) is 15.2. The standard InChI is InChI=1S/C16H20N2O3/c1-10(2)18-9-13(8-15(18)20)16(21)17-14-6-4-5-12(7-14)11(3)19/h4-7,10,13H,8-9H2,1-3H3,(H,17,21)/t13-/m0/s1. The molecule has 0 saturated carbocycles. The molecule has 1 aliphatic heterocycles. The van der Waals surface area contributed by atoms with Crippen LogP contribution < -0.4 is 5.32 Å². The van der Waals surface area contributed by atoms with E-state index >= 15 is 0 Å². The number of carbonyl (C=O) groups excluding carboxylic acids is 3. The molecule has 0 bridgehead atoms. The molecule has 1 fully saturated rings. The molecule has 1 heterocycles. The van der Waals surface area contributed by atoms with Crippen LogP contribution in [0.2, 0.25) is 0 Å². The molecule has 0 aromatic heterocycles. The van der Waals surface area contributed by atoms with Crippen LogP contribution in [0.15, 0.2) is 24.3 Å². The number of likely N-dealkylation sites (tertiary alicyclic amines) is 1. The Morgan fingerprint density at radius 2 is 2.05 bits per heavy atom. The molecule has 112 valence electrons. The molecule has 1 aromatic rings. The topological polar surface area (TPSA) is 66.5 Å². The van der Waals surface area contributed by atoms with Gasteiger partial charge in [-0.25, -0.2) is 0 Å². The van der Waals surface area contributed by atoms with E-state index in [4.69, 9.17) is 0 Å². The van der Waals surface area contributed by atoms with Crippen LogP contribution in [0.25, 0.3) is 0 Å². The molecule has 1 atom stereocenters. The largest absolute Gasteiger partial charge is 0.339 e. The van der Waals surface area contributed by atoms with Gasteiger partial charge in [-0.15, -0.1) is 0 Å². The fraction of sp³-hybridized carbons (Fsp3) is 0.438. The Balaban J connectivity index is 2.04. The maximum absolute atomic E-state index is 12.2. The minimum atomic E-state index is -0.333. The quantitative estimate of drug-likeness (QED) is 0.863. The third-order valence-corrected chi connectivity index (χ3v) is 3.69. The summed E-state index contributed by atoms with van der Waals surface area (Å²) in [5.41, 5.74) is 1.14. The Kier molecular flexibility index (Phi) is 4.40. The summed E-state index contributed by atoms with van der Waals surface area (Å²) in [7, 11) is 0. The van der Waals surface area contributed by atoms with Gasteiger partial charge in [0.1, 0.15) is 0 Å². The Morgan fingerprint density at radius 3 is 2.62 bits per heavy atom. The first-order chi connectivity index (χ1) is 9.88. The van der Waals surface area contributed by atoms with Gasteiger partial charge in [0, 0.05) is 30.3 Å². The number of rotatable bonds is 4. The summed E-state index contributed by atoms with van der Waals surface area (Å²) < 4.78 is 0. The van der Waals surface area contributed by atoms with E-state index in [1.165, 1.54) is 6.92 Å². The summed E-state index contributed by atoms with van der Waals surface area (Å²) in [5.74, 6) is -0.538. The number of hydrogen-bond donors (Lipinski definition) is 1. The van der Waals surface area contributed by atoms with Crippen molar-refractivity contribution in [3.8, 4) is 0 Å². The molecule has 1 N–H and O–H groups in total. The van der Waals surface area contributed by atoms with Gasteiger partial charge in [-0.1, -0.05) is 12.1 Å². The smallest absolute Gasteiger partial charge is 0.229 e. The van der Waals surface area contributed by atoms with Crippen LogP contribution >= 0.6 is 0 Å². The maximum Gasteiger partial charge on any atom is 0.229 e. The highest BCUT2D eigenvalue weighted by atomic mass is 16.2. The molecule has 1 aromatic carbocycles. The van der Waals surface area contributed by atoms with Gasteiger partial charge < -0.3 is 10.2 Å². The monoisotopic (exact) mass is 288 g/mol. The van der Waals surface area contributed by atoms with Crippen LogP contribution in [0.4, 0.5) is 5.69 Å². The number of nitrogens with zero attached hydrogens (tertiary/aromatic N) is 1. The van der Waals surface area contributed by atoms with E-state index in [9.17, 15) is 14.4 Å². The summed E-state index contributed by atoms with van der Waals surface area (Å²) in [5, 5.41) is 2.79. The highest BCUT2D eigenvalue weighted by Crippen LogP contribution is 2.22. The van der Waals surface area contributed by atoms with E-state index in [-0.39, 0.29) is 36.0 Å². The van der Waals surface area contributed by atoms with Crippen molar-refractivity contribution in [3.63, 3.8) is 0 Å². The lowest BCUT2D eigenvalue weighted by Gasteiger charge is -2.20. The van der Waals surface area contributed by atoms with Crippen LogP contribution in [-0.4, -0.2) is 35.1 Å². The van der Waals surface area contributed by atoms with Crippen LogP contribution in [-0.2, 0) is 9.59 Å². The number of anilines is 1. The van der Waals surface area contributed by atoms with Crippen molar-refractivity contribution < 1.29 is 14.4 Å². The molecule has 0 radical (unpaired) electrons. The van der Waals surface area contributed by atoms with E-state index in [1.54, 1.807) is 29.2 Å². The van der Waals surface area contributed by atoms with Crippen LogP contribution in [0.3, 0.4) is 0 Å². The first-order valence-corrected chi connectivity index (χ1v) is 7.10. The number of benzene rings is 1. The van der Waals surface area contributed by atoms with Gasteiger partial charge in [0.2, 0.25) is 11.8 Å². The van der Waals surface area contributed by atoms with Crippen molar-refractivity contribution in [2.45, 2.75) is 33.2 Å². The highest BCUT2D eigenvalue weighted by Gasteiger charge is 2.35. The Morgan fingerprint density at radius 1 is 1.33 bits per heavy atom. The molecule has 21 heavy (non-hydrogen) atoms. The van der Waals surface area contributed by atoms with Gasteiger partial charge in [0.25, 0.3) is 0 Å². The highest BCUT2D eigenvalue weighted by molar-refractivity contribution is 5.99. The lowest BCUT2D eigenvalue weighted by atomic mass is 10.1. The zero-order valence-corrected chi connectivity index (χ0v) is 12.6. The molecular formula is C16H20N2O3. The number of nitrogens with one attached hydrogen (secondary N) is 1. The van der Waals surface area contributed by atoms with Crippen molar-refractivity contribution in [2.24, 2.45) is 5.92 Å². The third kappa shape index (κ3) is 3.48. The maximum atomic E-state index is 12.2. The van der Waals surface area contributed by atoms with E-state index in [1.807, 2.05) is 13.8 Å². The summed E-state index contributed by atoms with van der Waals surface area (Å²) in [6.07, 6.45) is 0.246. The average molecular weight is 288 g/mol. The second-order valence-corrected chi connectivity index (χ2v) is 5.67. The predicted molar refractivity (Wildman–Crippen MR) is 80.0 cm³/mol. The SMILES string of the molecule is CC(=O)c1cccc(NC(=O)[C@H]2CC(=O)N(C(C)C)C2)c1. The van der Waals surface area contributed by atoms with Crippen molar-refractivity contribution >= 4 is 23.3 Å². The Hall–Kier alpha value is -2.17. The molecule has 5 nitrogen and oxygen atoms in total.